The molecule has 1 aliphatic carbocycles. The molecule has 0 fully saturated rings. The maximum absolute atomic E-state index is 14.3. The van der Waals surface area contributed by atoms with Crippen molar-refractivity contribution in [2.45, 2.75) is 18.9 Å². The molecule has 3 aromatic rings. The Bertz CT molecular complexity index is 1410. The molecule has 2 atom stereocenters. The molecule has 2 aliphatic rings. The normalized spacial score (nSPS) is 17.4. The molecule has 9 nitrogen and oxygen atoms in total. The van der Waals surface area contributed by atoms with E-state index < -0.39 is 0 Å². The fourth-order valence-electron chi connectivity index (χ4n) is 5.46. The molecule has 1 aliphatic heterocycles. The fourth-order valence-corrected chi connectivity index (χ4v) is 5.46. The minimum atomic E-state index is -0.304. The number of hydrogen-bond acceptors (Lipinski definition) is 8. The van der Waals surface area contributed by atoms with Gasteiger partial charge in [0.15, 0.2) is 23.0 Å². The van der Waals surface area contributed by atoms with E-state index in [1.165, 1.54) is 0 Å². The Morgan fingerprint density at radius 2 is 1.59 bits per heavy atom. The van der Waals surface area contributed by atoms with Crippen molar-refractivity contribution in [2.75, 3.05) is 48.9 Å². The molecule has 9 heteroatoms. The van der Waals surface area contributed by atoms with Gasteiger partial charge in [-0.15, -0.1) is 0 Å². The first-order chi connectivity index (χ1) is 20.0. The molecule has 216 valence electrons. The van der Waals surface area contributed by atoms with Crippen LogP contribution in [-0.4, -0.2) is 54.9 Å². The van der Waals surface area contributed by atoms with Gasteiger partial charge in [0.1, 0.15) is 5.75 Å². The molecule has 0 bridgehead atoms. The summed E-state index contributed by atoms with van der Waals surface area (Å²) in [4.78, 5) is 14.3. The van der Waals surface area contributed by atoms with Gasteiger partial charge in [0.05, 0.1) is 41.1 Å². The van der Waals surface area contributed by atoms with Crippen molar-refractivity contribution in [3.8, 4) is 34.5 Å². The SMILES string of the molecule is COCC1CCc2cc3c(cc2[C@H]1NC(=O)/C(=C/c1ccc(OC)cc1)c1cc(OC)c(OC)c(OC)c1)OCO3. The molecule has 0 saturated heterocycles. The zero-order valence-electron chi connectivity index (χ0n) is 23.9. The number of carbonyl (C=O) groups is 1. The van der Waals surface area contributed by atoms with Crippen molar-refractivity contribution in [3.05, 3.63) is 70.8 Å². The molecule has 41 heavy (non-hydrogen) atoms. The van der Waals surface area contributed by atoms with Gasteiger partial charge >= 0.3 is 0 Å². The number of carbonyl (C=O) groups excluding carboxylic acids is 1. The summed E-state index contributed by atoms with van der Waals surface area (Å²) in [5.74, 6) is 3.29. The number of benzene rings is 3. The lowest BCUT2D eigenvalue weighted by molar-refractivity contribution is -0.116. The second-order valence-electron chi connectivity index (χ2n) is 9.85. The van der Waals surface area contributed by atoms with Crippen LogP contribution in [0.2, 0.25) is 0 Å². The third-order valence-corrected chi connectivity index (χ3v) is 7.54. The summed E-state index contributed by atoms with van der Waals surface area (Å²) in [5.41, 5.74) is 3.99. The topological polar surface area (TPSA) is 93.7 Å². The van der Waals surface area contributed by atoms with Gasteiger partial charge in [0.2, 0.25) is 12.5 Å². The third kappa shape index (κ3) is 5.76. The molecule has 0 spiro atoms. The summed E-state index contributed by atoms with van der Waals surface area (Å²) >= 11 is 0. The van der Waals surface area contributed by atoms with Crippen LogP contribution in [-0.2, 0) is 16.0 Å². The predicted octanol–water partition coefficient (Wildman–Crippen LogP) is 5.06. The minimum absolute atomic E-state index is 0.0685. The lowest BCUT2D eigenvalue weighted by Crippen LogP contribution is -2.38. The van der Waals surface area contributed by atoms with Crippen molar-refractivity contribution in [3.63, 3.8) is 0 Å². The Labute approximate surface area is 239 Å². The highest BCUT2D eigenvalue weighted by molar-refractivity contribution is 6.24. The van der Waals surface area contributed by atoms with Gasteiger partial charge in [0.25, 0.3) is 5.91 Å². The first kappa shape index (κ1) is 28.2. The first-order valence-electron chi connectivity index (χ1n) is 13.4. The van der Waals surface area contributed by atoms with E-state index in [0.717, 1.165) is 41.0 Å². The molecular weight excluding hydrogens is 526 g/mol. The van der Waals surface area contributed by atoms with Crippen molar-refractivity contribution < 1.29 is 38.0 Å². The molecule has 0 radical (unpaired) electrons. The fraction of sp³-hybridized carbons (Fsp3) is 0.344. The smallest absolute Gasteiger partial charge is 0.252 e. The van der Waals surface area contributed by atoms with E-state index in [2.05, 4.69) is 5.32 Å². The average Bonchev–Trinajstić information content (AvgIpc) is 3.47. The molecule has 1 N–H and O–H groups in total. The van der Waals surface area contributed by atoms with E-state index in [1.807, 2.05) is 42.5 Å². The molecule has 3 aromatic carbocycles. The van der Waals surface area contributed by atoms with Crippen LogP contribution in [0.4, 0.5) is 0 Å². The van der Waals surface area contributed by atoms with Crippen LogP contribution in [0.5, 0.6) is 34.5 Å². The molecule has 1 unspecified atom stereocenters. The number of amides is 1. The van der Waals surface area contributed by atoms with Gasteiger partial charge in [-0.3, -0.25) is 4.79 Å². The van der Waals surface area contributed by atoms with Gasteiger partial charge in [-0.05, 0) is 77.6 Å². The summed E-state index contributed by atoms with van der Waals surface area (Å²) in [6.07, 6.45) is 3.55. The standard InChI is InChI=1S/C32H35NO8/c1-35-17-21-9-8-20-13-26-27(41-18-40-26)16-24(20)30(21)33-32(34)25(12-19-6-10-23(36-2)11-7-19)22-14-28(37-3)31(39-5)29(15-22)38-4/h6-7,10-16,21,30H,8-9,17-18H2,1-5H3,(H,33,34)/b25-12+/t21?,30-/m0/s1. The van der Waals surface area contributed by atoms with Gasteiger partial charge in [-0.25, -0.2) is 0 Å². The van der Waals surface area contributed by atoms with Crippen LogP contribution in [0.1, 0.15) is 34.7 Å². The molecule has 0 saturated carbocycles. The summed E-state index contributed by atoms with van der Waals surface area (Å²) < 4.78 is 38.9. The number of nitrogens with one attached hydrogen (secondary N) is 1. The highest BCUT2D eigenvalue weighted by Gasteiger charge is 2.34. The van der Waals surface area contributed by atoms with E-state index in [0.29, 0.717) is 40.7 Å². The summed E-state index contributed by atoms with van der Waals surface area (Å²) in [7, 11) is 7.94. The molecule has 5 rings (SSSR count). The summed E-state index contributed by atoms with van der Waals surface area (Å²) in [6.45, 7) is 0.688. The lowest BCUT2D eigenvalue weighted by atomic mass is 9.79. The van der Waals surface area contributed by atoms with Crippen LogP contribution < -0.4 is 33.7 Å². The maximum atomic E-state index is 14.3. The largest absolute Gasteiger partial charge is 0.497 e. The van der Waals surface area contributed by atoms with Gasteiger partial charge in [-0.2, -0.15) is 0 Å². The molecule has 1 amide bonds. The van der Waals surface area contributed by atoms with Crippen LogP contribution in [0.3, 0.4) is 0 Å². The number of ether oxygens (including phenoxy) is 7. The van der Waals surface area contributed by atoms with Crippen molar-refractivity contribution in [1.29, 1.82) is 0 Å². The Hall–Kier alpha value is -4.37. The quantitative estimate of drug-likeness (QED) is 0.271. The molecular formula is C32H35NO8. The van der Waals surface area contributed by atoms with Crippen LogP contribution >= 0.6 is 0 Å². The monoisotopic (exact) mass is 561 g/mol. The van der Waals surface area contributed by atoms with Crippen molar-refractivity contribution >= 4 is 17.6 Å². The van der Waals surface area contributed by atoms with Crippen LogP contribution in [0.25, 0.3) is 11.6 Å². The highest BCUT2D eigenvalue weighted by atomic mass is 16.7. The summed E-state index contributed by atoms with van der Waals surface area (Å²) in [6, 6.07) is 14.7. The minimum Gasteiger partial charge on any atom is -0.497 e. The first-order valence-corrected chi connectivity index (χ1v) is 13.4. The molecule has 1 heterocycles. The second-order valence-corrected chi connectivity index (χ2v) is 9.85. The van der Waals surface area contributed by atoms with Crippen LogP contribution in [0, 0.1) is 5.92 Å². The van der Waals surface area contributed by atoms with Crippen molar-refractivity contribution in [1.82, 2.24) is 5.32 Å². The van der Waals surface area contributed by atoms with E-state index in [9.17, 15) is 4.79 Å². The predicted molar refractivity (Wildman–Crippen MR) is 154 cm³/mol. The van der Waals surface area contributed by atoms with E-state index in [1.54, 1.807) is 47.7 Å². The molecule has 0 aromatic heterocycles. The zero-order valence-corrected chi connectivity index (χ0v) is 23.9. The number of rotatable bonds is 10. The lowest BCUT2D eigenvalue weighted by Gasteiger charge is -2.34. The Kier molecular flexibility index (Phi) is 8.54. The second kappa shape index (κ2) is 12.4. The highest BCUT2D eigenvalue weighted by Crippen LogP contribution is 2.44. The number of fused-ring (bicyclic) bond motifs is 2. The van der Waals surface area contributed by atoms with Crippen LogP contribution in [0.15, 0.2) is 48.5 Å². The Morgan fingerprint density at radius 3 is 2.20 bits per heavy atom. The van der Waals surface area contributed by atoms with E-state index >= 15 is 0 Å². The number of hydrogen-bond donors (Lipinski definition) is 1. The Morgan fingerprint density at radius 1 is 0.902 bits per heavy atom. The third-order valence-electron chi connectivity index (χ3n) is 7.54. The van der Waals surface area contributed by atoms with Gasteiger partial charge in [-0.1, -0.05) is 12.1 Å². The zero-order chi connectivity index (χ0) is 28.9. The maximum Gasteiger partial charge on any atom is 0.252 e. The van der Waals surface area contributed by atoms with Gasteiger partial charge < -0.3 is 38.5 Å². The number of methoxy groups -OCH3 is 5. The average molecular weight is 562 g/mol. The Balaban J connectivity index is 1.58. The number of aryl methyl sites for hydroxylation is 1. The van der Waals surface area contributed by atoms with E-state index in [4.69, 9.17) is 33.2 Å². The van der Waals surface area contributed by atoms with Gasteiger partial charge in [0, 0.05) is 18.6 Å². The van der Waals surface area contributed by atoms with E-state index in [-0.39, 0.29) is 24.7 Å². The van der Waals surface area contributed by atoms with Crippen molar-refractivity contribution in [2.24, 2.45) is 5.92 Å². The summed E-state index contributed by atoms with van der Waals surface area (Å²) in [5, 5.41) is 3.32.